The molecule has 0 bridgehead atoms. The van der Waals surface area contributed by atoms with E-state index in [1.807, 2.05) is 0 Å². The minimum Gasteiger partial charge on any atom is -0.450 e. The van der Waals surface area contributed by atoms with Gasteiger partial charge in [-0.2, -0.15) is 0 Å². The van der Waals surface area contributed by atoms with Gasteiger partial charge in [0, 0.05) is 6.07 Å². The number of hydrogen-bond acceptors (Lipinski definition) is 4. The second kappa shape index (κ2) is 5.42. The van der Waals surface area contributed by atoms with Crippen molar-refractivity contribution in [2.75, 3.05) is 0 Å². The first kappa shape index (κ1) is 14.2. The normalized spacial score (nSPS) is 11.1. The molecular weight excluding hydrogens is 285 g/mol. The molecule has 0 heterocycles. The fourth-order valence-corrected chi connectivity index (χ4v) is 2.07. The van der Waals surface area contributed by atoms with Gasteiger partial charge in [0.2, 0.25) is 5.75 Å². The van der Waals surface area contributed by atoms with Crippen LogP contribution in [0, 0.1) is 10.1 Å². The second-order valence-corrected chi connectivity index (χ2v) is 5.47. The molecule has 0 aliphatic rings. The van der Waals surface area contributed by atoms with Crippen LogP contribution in [0.2, 0.25) is 0 Å². The predicted molar refractivity (Wildman–Crippen MR) is 71.3 cm³/mol. The molecule has 20 heavy (non-hydrogen) atoms. The van der Waals surface area contributed by atoms with Crippen molar-refractivity contribution in [3.05, 3.63) is 58.6 Å². The lowest BCUT2D eigenvalue weighted by atomic mass is 10.3. The maximum Gasteiger partial charge on any atom is 0.356 e. The molecule has 0 aliphatic carbocycles. The summed E-state index contributed by atoms with van der Waals surface area (Å²) in [6.45, 7) is 0. The van der Waals surface area contributed by atoms with E-state index >= 15 is 0 Å². The average molecular weight is 295 g/mol. The second-order valence-electron chi connectivity index (χ2n) is 3.86. The van der Waals surface area contributed by atoms with Gasteiger partial charge in [0.25, 0.3) is 0 Å². The Labute approximate surface area is 113 Å². The topological polar surface area (TPSA) is 110 Å². The molecule has 0 aliphatic heterocycles. The van der Waals surface area contributed by atoms with Crippen molar-refractivity contribution in [2.45, 2.75) is 0 Å². The Morgan fingerprint density at radius 1 is 1.05 bits per heavy atom. The summed E-state index contributed by atoms with van der Waals surface area (Å²) < 4.78 is 16.4. The Balaban J connectivity index is 2.27. The van der Waals surface area contributed by atoms with Gasteiger partial charge in [-0.15, -0.1) is 0 Å². The number of nitro benzene ring substituents is 1. The molecule has 2 aromatic carbocycles. The highest BCUT2D eigenvalue weighted by atomic mass is 31.2. The number of ether oxygens (including phenoxy) is 1. The summed E-state index contributed by atoms with van der Waals surface area (Å²) in [5.74, 6) is 0.304. The number of para-hydroxylation sites is 2. The molecule has 2 rings (SSSR count). The van der Waals surface area contributed by atoms with Crippen molar-refractivity contribution in [1.29, 1.82) is 0 Å². The Morgan fingerprint density at radius 2 is 1.65 bits per heavy atom. The van der Waals surface area contributed by atoms with Gasteiger partial charge >= 0.3 is 13.3 Å². The predicted octanol–water partition coefficient (Wildman–Crippen LogP) is 2.19. The van der Waals surface area contributed by atoms with Gasteiger partial charge in [-0.25, -0.2) is 0 Å². The highest BCUT2D eigenvalue weighted by molar-refractivity contribution is 7.60. The highest BCUT2D eigenvalue weighted by Crippen LogP contribution is 2.35. The molecule has 2 N–H and O–H groups in total. The summed E-state index contributed by atoms with van der Waals surface area (Å²) >= 11 is 0. The van der Waals surface area contributed by atoms with Crippen LogP contribution in [0.5, 0.6) is 11.5 Å². The van der Waals surface area contributed by atoms with E-state index in [0.717, 1.165) is 0 Å². The molecule has 2 aromatic rings. The van der Waals surface area contributed by atoms with Gasteiger partial charge in [-0.3, -0.25) is 14.7 Å². The quantitative estimate of drug-likeness (QED) is 0.508. The summed E-state index contributed by atoms with van der Waals surface area (Å²) in [4.78, 5) is 28.2. The average Bonchev–Trinajstić information content (AvgIpc) is 2.38. The third-order valence-corrected chi connectivity index (χ3v) is 3.43. The van der Waals surface area contributed by atoms with Gasteiger partial charge in [0.05, 0.1) is 10.2 Å². The van der Waals surface area contributed by atoms with Crippen LogP contribution in [0.4, 0.5) is 5.69 Å². The number of rotatable bonds is 4. The third kappa shape index (κ3) is 3.21. The molecule has 8 heteroatoms. The van der Waals surface area contributed by atoms with Gasteiger partial charge in [0.15, 0.2) is 0 Å². The lowest BCUT2D eigenvalue weighted by Gasteiger charge is -2.07. The molecule has 0 spiro atoms. The molecule has 0 aromatic heterocycles. The fraction of sp³-hybridized carbons (Fsp3) is 0. The van der Waals surface area contributed by atoms with Gasteiger partial charge in [-0.05, 0) is 30.3 Å². The number of nitrogens with zero attached hydrogens (tertiary/aromatic N) is 1. The van der Waals surface area contributed by atoms with E-state index in [1.54, 1.807) is 6.07 Å². The van der Waals surface area contributed by atoms with Gasteiger partial charge < -0.3 is 14.5 Å². The Bertz CT molecular complexity index is 679. The monoisotopic (exact) mass is 295 g/mol. The van der Waals surface area contributed by atoms with Crippen LogP contribution in [-0.2, 0) is 4.57 Å². The van der Waals surface area contributed by atoms with Gasteiger partial charge in [-0.1, -0.05) is 12.1 Å². The van der Waals surface area contributed by atoms with Crippen LogP contribution in [-0.4, -0.2) is 14.7 Å². The van der Waals surface area contributed by atoms with E-state index < -0.39 is 12.5 Å². The van der Waals surface area contributed by atoms with Crippen molar-refractivity contribution < 1.29 is 24.0 Å². The zero-order chi connectivity index (χ0) is 14.8. The van der Waals surface area contributed by atoms with Gasteiger partial charge in [0.1, 0.15) is 5.75 Å². The molecule has 104 valence electrons. The molecule has 0 amide bonds. The van der Waals surface area contributed by atoms with E-state index in [9.17, 15) is 14.7 Å². The smallest absolute Gasteiger partial charge is 0.356 e. The molecule has 0 atom stereocenters. The zero-order valence-electron chi connectivity index (χ0n) is 10.0. The molecule has 0 saturated carbocycles. The van der Waals surface area contributed by atoms with Crippen molar-refractivity contribution in [2.24, 2.45) is 0 Å². The van der Waals surface area contributed by atoms with E-state index in [2.05, 4.69) is 0 Å². The van der Waals surface area contributed by atoms with Crippen LogP contribution >= 0.6 is 7.60 Å². The SMILES string of the molecule is O=[N+]([O-])c1ccccc1Oc1ccc(P(=O)(O)O)cc1. The number of nitro groups is 1. The first-order valence-electron chi connectivity index (χ1n) is 5.45. The molecule has 0 saturated heterocycles. The molecule has 0 radical (unpaired) electrons. The summed E-state index contributed by atoms with van der Waals surface area (Å²) in [6.07, 6.45) is 0. The highest BCUT2D eigenvalue weighted by Gasteiger charge is 2.18. The van der Waals surface area contributed by atoms with Crippen molar-refractivity contribution in [3.8, 4) is 11.5 Å². The first-order chi connectivity index (χ1) is 9.38. The molecule has 0 unspecified atom stereocenters. The van der Waals surface area contributed by atoms with Crippen LogP contribution in [0.1, 0.15) is 0 Å². The van der Waals surface area contributed by atoms with Crippen LogP contribution < -0.4 is 10.0 Å². The first-order valence-corrected chi connectivity index (χ1v) is 7.06. The van der Waals surface area contributed by atoms with E-state index in [0.29, 0.717) is 0 Å². The van der Waals surface area contributed by atoms with E-state index in [-0.39, 0.29) is 22.5 Å². The van der Waals surface area contributed by atoms with Crippen molar-refractivity contribution >= 4 is 18.6 Å². The standard InChI is InChI=1S/C12H10NO6P/c14-13(15)11-3-1-2-4-12(11)19-9-5-7-10(8-6-9)20(16,17)18/h1-8H,(H2,16,17,18). The minimum atomic E-state index is -4.31. The maximum absolute atomic E-state index is 11.0. The number of benzene rings is 2. The Hall–Kier alpha value is -2.21. The van der Waals surface area contributed by atoms with Crippen LogP contribution in [0.25, 0.3) is 0 Å². The molecule has 7 nitrogen and oxygen atoms in total. The van der Waals surface area contributed by atoms with Crippen molar-refractivity contribution in [3.63, 3.8) is 0 Å². The summed E-state index contributed by atoms with van der Waals surface area (Å²) in [5.41, 5.74) is -0.188. The fourth-order valence-electron chi connectivity index (χ4n) is 1.53. The Kier molecular flexibility index (Phi) is 3.85. The minimum absolute atomic E-state index is 0.0569. The number of hydrogen-bond donors (Lipinski definition) is 2. The zero-order valence-corrected chi connectivity index (χ0v) is 10.9. The van der Waals surface area contributed by atoms with Crippen molar-refractivity contribution in [1.82, 2.24) is 0 Å². The summed E-state index contributed by atoms with van der Waals surface area (Å²) in [7, 11) is -4.31. The lowest BCUT2D eigenvalue weighted by molar-refractivity contribution is -0.385. The summed E-state index contributed by atoms with van der Waals surface area (Å²) in [6, 6.07) is 11.0. The largest absolute Gasteiger partial charge is 0.450 e. The lowest BCUT2D eigenvalue weighted by Crippen LogP contribution is -2.02. The van der Waals surface area contributed by atoms with E-state index in [1.165, 1.54) is 42.5 Å². The molecule has 0 fully saturated rings. The summed E-state index contributed by atoms with van der Waals surface area (Å²) in [5, 5.41) is 10.7. The van der Waals surface area contributed by atoms with E-state index in [4.69, 9.17) is 14.5 Å². The maximum atomic E-state index is 11.0. The van der Waals surface area contributed by atoms with Crippen LogP contribution in [0.3, 0.4) is 0 Å². The van der Waals surface area contributed by atoms with Crippen LogP contribution in [0.15, 0.2) is 48.5 Å². The Morgan fingerprint density at radius 3 is 2.20 bits per heavy atom. The molecular formula is C12H10NO6P. The third-order valence-electron chi connectivity index (χ3n) is 2.46.